The Hall–Kier alpha value is 0.570. The average molecular weight is 115 g/mol. The molecule has 0 fully saturated rings. The van der Waals surface area contributed by atoms with Crippen LogP contribution in [-0.2, 0) is 0 Å². The number of halogens is 2. The third-order valence-electron chi connectivity index (χ3n) is 0.138. The van der Waals surface area contributed by atoms with Crippen LogP contribution in [0.15, 0.2) is 0 Å². The second-order valence-corrected chi connectivity index (χ2v) is 1.41. The summed E-state index contributed by atoms with van der Waals surface area (Å²) >= 11 is 8.23. The van der Waals surface area contributed by atoms with Gasteiger partial charge in [0, 0.05) is 5.75 Å². The van der Waals surface area contributed by atoms with Crippen molar-refractivity contribution in [2.45, 2.75) is 5.63 Å². The fourth-order valence-electron chi connectivity index (χ4n) is 0. The summed E-state index contributed by atoms with van der Waals surface area (Å²) in [4.78, 5) is 0. The molecule has 5 heavy (non-hydrogen) atoms. The zero-order valence-electron chi connectivity index (χ0n) is 2.49. The third kappa shape index (κ3) is 4.57. The standard InChI is InChI=1S/C2H4ClFS/c3-2(4)1-5/h2,5H,1H2. The number of thiol groups is 1. The van der Waals surface area contributed by atoms with E-state index in [4.69, 9.17) is 11.6 Å². The Morgan fingerprint density at radius 3 is 2.20 bits per heavy atom. The zero-order chi connectivity index (χ0) is 4.28. The topological polar surface area (TPSA) is 0 Å². The SMILES string of the molecule is FC(Cl)CS. The summed E-state index contributed by atoms with van der Waals surface area (Å²) in [6, 6.07) is 0. The van der Waals surface area contributed by atoms with Crippen molar-refractivity contribution in [2.75, 3.05) is 5.75 Å². The van der Waals surface area contributed by atoms with Crippen LogP contribution in [0, 0.1) is 0 Å². The first-order chi connectivity index (χ1) is 2.27. The fourth-order valence-corrected chi connectivity index (χ4v) is 0. The predicted molar refractivity (Wildman–Crippen MR) is 24.6 cm³/mol. The maximum absolute atomic E-state index is 11.1. The van der Waals surface area contributed by atoms with E-state index in [1.807, 2.05) is 0 Å². The lowest BCUT2D eigenvalue weighted by molar-refractivity contribution is 0.482. The van der Waals surface area contributed by atoms with Crippen molar-refractivity contribution >= 4 is 24.2 Å². The molecule has 0 saturated carbocycles. The van der Waals surface area contributed by atoms with Crippen molar-refractivity contribution in [3.63, 3.8) is 0 Å². The molecular formula is C2H4ClFS. The van der Waals surface area contributed by atoms with Crippen LogP contribution in [0.1, 0.15) is 0 Å². The molecule has 32 valence electrons. The first-order valence-corrected chi connectivity index (χ1v) is 2.23. The first kappa shape index (κ1) is 5.57. The van der Waals surface area contributed by atoms with E-state index in [-0.39, 0.29) is 5.75 Å². The molecule has 0 aliphatic heterocycles. The molecule has 3 heteroatoms. The quantitative estimate of drug-likeness (QED) is 0.387. The van der Waals surface area contributed by atoms with Crippen molar-refractivity contribution < 1.29 is 4.39 Å². The Morgan fingerprint density at radius 2 is 2.20 bits per heavy atom. The Balaban J connectivity index is 2.54. The molecule has 0 aromatic carbocycles. The molecule has 0 N–H and O–H groups in total. The molecule has 0 bridgehead atoms. The minimum atomic E-state index is -1.28. The van der Waals surface area contributed by atoms with Crippen molar-refractivity contribution in [2.24, 2.45) is 0 Å². The Morgan fingerprint density at radius 1 is 2.00 bits per heavy atom. The average Bonchev–Trinajstić information content (AvgIpc) is 1.38. The van der Waals surface area contributed by atoms with E-state index in [1.54, 1.807) is 0 Å². The number of alkyl halides is 2. The molecule has 0 radical (unpaired) electrons. The van der Waals surface area contributed by atoms with Gasteiger partial charge in [-0.15, -0.1) is 0 Å². The molecule has 0 heterocycles. The molecule has 0 rings (SSSR count). The van der Waals surface area contributed by atoms with Crippen molar-refractivity contribution in [3.05, 3.63) is 0 Å². The van der Waals surface area contributed by atoms with E-state index >= 15 is 0 Å². The maximum atomic E-state index is 11.1. The highest BCUT2D eigenvalue weighted by Crippen LogP contribution is 1.96. The largest absolute Gasteiger partial charge is 0.229 e. The van der Waals surface area contributed by atoms with Gasteiger partial charge in [-0.1, -0.05) is 11.6 Å². The van der Waals surface area contributed by atoms with E-state index in [2.05, 4.69) is 12.6 Å². The minimum Gasteiger partial charge on any atom is -0.229 e. The summed E-state index contributed by atoms with van der Waals surface area (Å²) in [5.74, 6) is 0.0988. The second kappa shape index (κ2) is 2.79. The molecule has 0 aliphatic rings. The van der Waals surface area contributed by atoms with Crippen molar-refractivity contribution in [1.82, 2.24) is 0 Å². The molecule has 0 amide bonds. The smallest absolute Gasteiger partial charge is 0.182 e. The highest BCUT2D eigenvalue weighted by Gasteiger charge is 1.89. The van der Waals surface area contributed by atoms with Crippen LogP contribution >= 0.6 is 24.2 Å². The Kier molecular flexibility index (Phi) is 3.11. The van der Waals surface area contributed by atoms with Gasteiger partial charge in [-0.2, -0.15) is 12.6 Å². The summed E-state index contributed by atoms with van der Waals surface area (Å²) in [7, 11) is 0. The summed E-state index contributed by atoms with van der Waals surface area (Å²) in [6.07, 6.45) is 0. The highest BCUT2D eigenvalue weighted by atomic mass is 35.5. The first-order valence-electron chi connectivity index (χ1n) is 1.16. The van der Waals surface area contributed by atoms with Crippen molar-refractivity contribution in [3.8, 4) is 0 Å². The van der Waals surface area contributed by atoms with Crippen molar-refractivity contribution in [1.29, 1.82) is 0 Å². The molecule has 0 nitrogen and oxygen atoms in total. The minimum absolute atomic E-state index is 0.0988. The number of hydrogen-bond donors (Lipinski definition) is 1. The van der Waals surface area contributed by atoms with E-state index in [0.29, 0.717) is 0 Å². The van der Waals surface area contributed by atoms with Gasteiger partial charge in [0.1, 0.15) is 0 Å². The molecule has 0 aliphatic carbocycles. The van der Waals surface area contributed by atoms with Gasteiger partial charge in [-0.05, 0) is 0 Å². The van der Waals surface area contributed by atoms with Gasteiger partial charge in [-0.25, -0.2) is 4.39 Å². The molecule has 1 atom stereocenters. The van der Waals surface area contributed by atoms with Crippen LogP contribution < -0.4 is 0 Å². The lowest BCUT2D eigenvalue weighted by atomic mass is 10.9. The number of hydrogen-bond acceptors (Lipinski definition) is 1. The molecule has 0 aromatic rings. The monoisotopic (exact) mass is 114 g/mol. The fraction of sp³-hybridized carbons (Fsp3) is 1.00. The Labute approximate surface area is 40.7 Å². The lowest BCUT2D eigenvalue weighted by Gasteiger charge is -1.82. The van der Waals surface area contributed by atoms with E-state index in [1.165, 1.54) is 0 Å². The van der Waals surface area contributed by atoms with Crippen LogP contribution in [-0.4, -0.2) is 11.4 Å². The molecule has 1 unspecified atom stereocenters. The summed E-state index contributed by atoms with van der Waals surface area (Å²) in [5, 5.41) is 0. The highest BCUT2D eigenvalue weighted by molar-refractivity contribution is 7.80. The van der Waals surface area contributed by atoms with Gasteiger partial charge in [-0.3, -0.25) is 0 Å². The molecule has 0 aromatic heterocycles. The summed E-state index contributed by atoms with van der Waals surface area (Å²) in [6.45, 7) is 0. The van der Waals surface area contributed by atoms with E-state index in [0.717, 1.165) is 0 Å². The zero-order valence-corrected chi connectivity index (χ0v) is 4.14. The van der Waals surface area contributed by atoms with Gasteiger partial charge < -0.3 is 0 Å². The predicted octanol–water partition coefficient (Wildman–Crippen LogP) is 1.45. The van der Waals surface area contributed by atoms with E-state index in [9.17, 15) is 4.39 Å². The van der Waals surface area contributed by atoms with Crippen LogP contribution in [0.5, 0.6) is 0 Å². The summed E-state index contributed by atoms with van der Waals surface area (Å²) < 4.78 is 11.1. The van der Waals surface area contributed by atoms with Gasteiger partial charge >= 0.3 is 0 Å². The molecule has 0 saturated heterocycles. The second-order valence-electron chi connectivity index (χ2n) is 0.574. The molecular weight excluding hydrogens is 111 g/mol. The normalized spacial score (nSPS) is 15.0. The number of rotatable bonds is 1. The van der Waals surface area contributed by atoms with Crippen LogP contribution in [0.4, 0.5) is 4.39 Å². The van der Waals surface area contributed by atoms with Crippen LogP contribution in [0.3, 0.4) is 0 Å². The Bertz CT molecular complexity index is 23.6. The molecule has 0 spiro atoms. The van der Waals surface area contributed by atoms with Gasteiger partial charge in [0.2, 0.25) is 0 Å². The van der Waals surface area contributed by atoms with Gasteiger partial charge in [0.25, 0.3) is 0 Å². The summed E-state index contributed by atoms with van der Waals surface area (Å²) in [5.41, 5.74) is -1.28. The lowest BCUT2D eigenvalue weighted by Crippen LogP contribution is -1.85. The third-order valence-corrected chi connectivity index (χ3v) is 0.828. The van der Waals surface area contributed by atoms with Gasteiger partial charge in [0.05, 0.1) is 0 Å². The maximum Gasteiger partial charge on any atom is 0.182 e. The van der Waals surface area contributed by atoms with E-state index < -0.39 is 5.63 Å². The van der Waals surface area contributed by atoms with Crippen LogP contribution in [0.25, 0.3) is 0 Å². The van der Waals surface area contributed by atoms with Crippen LogP contribution in [0.2, 0.25) is 0 Å². The van der Waals surface area contributed by atoms with Gasteiger partial charge in [0.15, 0.2) is 5.63 Å².